The molecule has 0 saturated carbocycles. The van der Waals surface area contributed by atoms with Gasteiger partial charge < -0.3 is 16.0 Å². The average Bonchev–Trinajstić information content (AvgIpc) is 3.01. The van der Waals surface area contributed by atoms with Crippen LogP contribution in [0, 0.1) is 0 Å². The van der Waals surface area contributed by atoms with Gasteiger partial charge >= 0.3 is 0 Å². The van der Waals surface area contributed by atoms with Gasteiger partial charge in [-0.3, -0.25) is 14.4 Å². The van der Waals surface area contributed by atoms with E-state index in [1.807, 2.05) is 29.6 Å². The molecule has 0 aliphatic heterocycles. The number of carbonyl (C=O) groups excluding carboxylic acids is 3. The number of hydrogen-bond acceptors (Lipinski definition) is 5. The summed E-state index contributed by atoms with van der Waals surface area (Å²) in [5, 5.41) is 10.4. The summed E-state index contributed by atoms with van der Waals surface area (Å²) in [6.07, 6.45) is 0.201. The first kappa shape index (κ1) is 18.6. The van der Waals surface area contributed by atoms with Gasteiger partial charge in [0, 0.05) is 44.3 Å². The van der Waals surface area contributed by atoms with Crippen molar-refractivity contribution in [3.05, 3.63) is 35.2 Å². The van der Waals surface area contributed by atoms with Crippen LogP contribution in [0.15, 0.2) is 29.6 Å². The Hall–Kier alpha value is -2.74. The minimum atomic E-state index is -0.194. The van der Waals surface area contributed by atoms with Crippen molar-refractivity contribution in [2.45, 2.75) is 26.8 Å². The summed E-state index contributed by atoms with van der Waals surface area (Å²) >= 11 is 1.34. The van der Waals surface area contributed by atoms with Crippen LogP contribution in [0.5, 0.6) is 0 Å². The van der Waals surface area contributed by atoms with Crippen molar-refractivity contribution >= 4 is 34.2 Å². The molecule has 132 valence electrons. The Balaban J connectivity index is 1.90. The van der Waals surface area contributed by atoms with Crippen LogP contribution in [0.4, 0.5) is 5.13 Å². The third kappa shape index (κ3) is 6.34. The van der Waals surface area contributed by atoms with E-state index in [1.54, 1.807) is 0 Å². The highest BCUT2D eigenvalue weighted by Gasteiger charge is 2.08. The van der Waals surface area contributed by atoms with Gasteiger partial charge in [0.05, 0.1) is 5.69 Å². The van der Waals surface area contributed by atoms with Gasteiger partial charge in [-0.2, -0.15) is 0 Å². The fraction of sp³-hybridized carbons (Fsp3) is 0.294. The van der Waals surface area contributed by atoms with Crippen LogP contribution in [0.1, 0.15) is 25.8 Å². The molecule has 0 atom stereocenters. The van der Waals surface area contributed by atoms with Crippen molar-refractivity contribution in [2.75, 3.05) is 11.9 Å². The van der Waals surface area contributed by atoms with E-state index >= 15 is 0 Å². The number of nitrogens with one attached hydrogen (secondary N) is 3. The molecule has 1 heterocycles. The van der Waals surface area contributed by atoms with Gasteiger partial charge in [-0.25, -0.2) is 4.98 Å². The van der Waals surface area contributed by atoms with Gasteiger partial charge in [-0.15, -0.1) is 11.3 Å². The maximum atomic E-state index is 11.8. The number of aromatic nitrogens is 1. The van der Waals surface area contributed by atoms with Gasteiger partial charge in [-0.05, 0) is 5.56 Å². The standard InChI is InChI=1S/C17H20N4O3S/c1-11(22)18-8-7-16(24)21-17-20-15(10-25-17)14-5-3-13(4-6-14)9-19-12(2)23/h3-6,10H,7-9H2,1-2H3,(H,18,22)(H,19,23)(H,20,21,24). The molecule has 0 spiro atoms. The molecule has 1 aromatic heterocycles. The van der Waals surface area contributed by atoms with E-state index in [0.29, 0.717) is 18.2 Å². The summed E-state index contributed by atoms with van der Waals surface area (Å²) in [7, 11) is 0. The van der Waals surface area contributed by atoms with E-state index in [9.17, 15) is 14.4 Å². The van der Waals surface area contributed by atoms with Gasteiger partial charge in [0.1, 0.15) is 0 Å². The minimum absolute atomic E-state index is 0.0672. The zero-order valence-corrected chi connectivity index (χ0v) is 14.9. The topological polar surface area (TPSA) is 100 Å². The smallest absolute Gasteiger partial charge is 0.227 e. The molecule has 1 aromatic carbocycles. The Morgan fingerprint density at radius 1 is 1.04 bits per heavy atom. The van der Waals surface area contributed by atoms with E-state index in [4.69, 9.17) is 0 Å². The summed E-state index contributed by atoms with van der Waals surface area (Å²) in [6, 6.07) is 7.70. The van der Waals surface area contributed by atoms with Crippen molar-refractivity contribution in [2.24, 2.45) is 0 Å². The van der Waals surface area contributed by atoms with Crippen molar-refractivity contribution in [3.8, 4) is 11.3 Å². The first-order valence-corrected chi connectivity index (χ1v) is 8.65. The molecule has 0 radical (unpaired) electrons. The van der Waals surface area contributed by atoms with Gasteiger partial charge in [0.25, 0.3) is 0 Å². The highest BCUT2D eigenvalue weighted by molar-refractivity contribution is 7.14. The molecule has 0 aliphatic rings. The molecule has 7 nitrogen and oxygen atoms in total. The molecular weight excluding hydrogens is 340 g/mol. The third-order valence-corrected chi connectivity index (χ3v) is 4.03. The van der Waals surface area contributed by atoms with E-state index in [0.717, 1.165) is 16.8 Å². The first-order chi connectivity index (χ1) is 11.9. The molecule has 0 saturated heterocycles. The third-order valence-electron chi connectivity index (χ3n) is 3.27. The molecule has 2 aromatic rings. The molecule has 0 unspecified atom stereocenters. The van der Waals surface area contributed by atoms with E-state index in [2.05, 4.69) is 20.9 Å². The molecule has 0 fully saturated rings. The lowest BCUT2D eigenvalue weighted by Crippen LogP contribution is -2.25. The summed E-state index contributed by atoms with van der Waals surface area (Å²) < 4.78 is 0. The Bertz CT molecular complexity index is 756. The van der Waals surface area contributed by atoms with E-state index in [-0.39, 0.29) is 24.1 Å². The molecule has 8 heteroatoms. The number of hydrogen-bond donors (Lipinski definition) is 3. The van der Waals surface area contributed by atoms with Crippen LogP contribution in [0.2, 0.25) is 0 Å². The normalized spacial score (nSPS) is 10.2. The largest absolute Gasteiger partial charge is 0.356 e. The van der Waals surface area contributed by atoms with Crippen LogP contribution in [-0.4, -0.2) is 29.3 Å². The maximum absolute atomic E-state index is 11.8. The number of anilines is 1. The van der Waals surface area contributed by atoms with Crippen LogP contribution in [0.3, 0.4) is 0 Å². The van der Waals surface area contributed by atoms with E-state index in [1.165, 1.54) is 25.2 Å². The van der Waals surface area contributed by atoms with Crippen molar-refractivity contribution < 1.29 is 14.4 Å². The summed E-state index contributed by atoms with van der Waals surface area (Å²) in [6.45, 7) is 3.68. The fourth-order valence-corrected chi connectivity index (χ4v) is 2.75. The molecule has 2 rings (SSSR count). The number of benzene rings is 1. The van der Waals surface area contributed by atoms with Crippen LogP contribution < -0.4 is 16.0 Å². The lowest BCUT2D eigenvalue weighted by atomic mass is 10.1. The number of nitrogens with zero attached hydrogens (tertiary/aromatic N) is 1. The Morgan fingerprint density at radius 2 is 1.72 bits per heavy atom. The molecule has 3 amide bonds. The summed E-state index contributed by atoms with van der Waals surface area (Å²) in [5.41, 5.74) is 2.70. The SMILES string of the molecule is CC(=O)NCCC(=O)Nc1nc(-c2ccc(CNC(C)=O)cc2)cs1. The zero-order valence-electron chi connectivity index (χ0n) is 14.1. The Kier molecular flexibility index (Phi) is 6.64. The predicted octanol–water partition coefficient (Wildman–Crippen LogP) is 1.91. The molecule has 0 aliphatic carbocycles. The Labute approximate surface area is 149 Å². The molecule has 3 N–H and O–H groups in total. The lowest BCUT2D eigenvalue weighted by molar-refractivity contribution is -0.120. The number of rotatable bonds is 7. The van der Waals surface area contributed by atoms with Gasteiger partial charge in [0.15, 0.2) is 5.13 Å². The van der Waals surface area contributed by atoms with Crippen molar-refractivity contribution in [1.29, 1.82) is 0 Å². The van der Waals surface area contributed by atoms with E-state index < -0.39 is 0 Å². The molecule has 25 heavy (non-hydrogen) atoms. The second kappa shape index (κ2) is 8.93. The van der Waals surface area contributed by atoms with Gasteiger partial charge in [-0.1, -0.05) is 24.3 Å². The quantitative estimate of drug-likeness (QED) is 0.702. The lowest BCUT2D eigenvalue weighted by Gasteiger charge is -2.04. The van der Waals surface area contributed by atoms with Crippen molar-refractivity contribution in [1.82, 2.24) is 15.6 Å². The van der Waals surface area contributed by atoms with Gasteiger partial charge in [0.2, 0.25) is 17.7 Å². The average molecular weight is 360 g/mol. The summed E-state index contributed by atoms with van der Waals surface area (Å²) in [5.74, 6) is -0.422. The minimum Gasteiger partial charge on any atom is -0.356 e. The monoisotopic (exact) mass is 360 g/mol. The summed E-state index contributed by atoms with van der Waals surface area (Å²) in [4.78, 5) is 37.9. The van der Waals surface area contributed by atoms with Crippen molar-refractivity contribution in [3.63, 3.8) is 0 Å². The molecular formula is C17H20N4O3S. The fourth-order valence-electron chi connectivity index (χ4n) is 2.02. The highest BCUT2D eigenvalue weighted by atomic mass is 32.1. The maximum Gasteiger partial charge on any atom is 0.227 e. The number of thiazole rings is 1. The second-order valence-electron chi connectivity index (χ2n) is 5.43. The molecule has 0 bridgehead atoms. The second-order valence-corrected chi connectivity index (χ2v) is 6.28. The predicted molar refractivity (Wildman–Crippen MR) is 97.0 cm³/mol. The van der Waals surface area contributed by atoms with Crippen LogP contribution >= 0.6 is 11.3 Å². The van der Waals surface area contributed by atoms with Crippen LogP contribution in [0.25, 0.3) is 11.3 Å². The highest BCUT2D eigenvalue weighted by Crippen LogP contribution is 2.25. The zero-order chi connectivity index (χ0) is 18.2. The Morgan fingerprint density at radius 3 is 2.36 bits per heavy atom. The first-order valence-electron chi connectivity index (χ1n) is 7.77. The number of carbonyl (C=O) groups is 3. The van der Waals surface area contributed by atoms with Crippen LogP contribution in [-0.2, 0) is 20.9 Å². The number of amides is 3.